The molecule has 2 saturated heterocycles. The van der Waals surface area contributed by atoms with Crippen molar-refractivity contribution in [2.75, 3.05) is 26.3 Å². The third kappa shape index (κ3) is 3.60. The molecule has 0 radical (unpaired) electrons. The van der Waals surface area contributed by atoms with Gasteiger partial charge in [0.2, 0.25) is 17.6 Å². The first-order chi connectivity index (χ1) is 13.1. The highest BCUT2D eigenvalue weighted by atomic mass is 16.5. The Morgan fingerprint density at radius 2 is 2.19 bits per heavy atom. The molecule has 2 aromatic rings. The quantitative estimate of drug-likeness (QED) is 0.823. The molecule has 0 aliphatic carbocycles. The fraction of sp³-hybridized carbons (Fsp3) is 0.600. The van der Waals surface area contributed by atoms with E-state index in [1.807, 2.05) is 17.0 Å². The summed E-state index contributed by atoms with van der Waals surface area (Å²) in [5.41, 5.74) is 0.795. The van der Waals surface area contributed by atoms with Crippen LogP contribution in [-0.4, -0.2) is 52.2 Å². The summed E-state index contributed by atoms with van der Waals surface area (Å²) in [5, 5.41) is 4.17. The van der Waals surface area contributed by atoms with Crippen molar-refractivity contribution in [3.8, 4) is 11.4 Å². The molecule has 0 unspecified atom stereocenters. The van der Waals surface area contributed by atoms with Gasteiger partial charge in [-0.15, -0.1) is 0 Å². The van der Waals surface area contributed by atoms with Gasteiger partial charge in [-0.2, -0.15) is 4.98 Å². The molecule has 0 aromatic carbocycles. The lowest BCUT2D eigenvalue weighted by Crippen LogP contribution is -2.37. The SMILES string of the molecule is CC(C)CC(=O)N1C[C@@H](c2nc(-c3cccnc3)no2)C2(CCOCC2)C1. The molecular weight excluding hydrogens is 344 g/mol. The normalized spacial score (nSPS) is 21.9. The molecule has 2 aliphatic heterocycles. The van der Waals surface area contributed by atoms with Crippen LogP contribution < -0.4 is 0 Å². The molecule has 144 valence electrons. The number of carbonyl (C=O) groups is 1. The number of likely N-dealkylation sites (tertiary alicyclic amines) is 1. The number of rotatable bonds is 4. The lowest BCUT2D eigenvalue weighted by atomic mass is 9.72. The van der Waals surface area contributed by atoms with Crippen molar-refractivity contribution < 1.29 is 14.1 Å². The molecule has 2 fully saturated rings. The number of amides is 1. The minimum atomic E-state index is -0.0381. The van der Waals surface area contributed by atoms with Gasteiger partial charge in [-0.3, -0.25) is 9.78 Å². The Morgan fingerprint density at radius 3 is 2.89 bits per heavy atom. The summed E-state index contributed by atoms with van der Waals surface area (Å²) in [6.07, 6.45) is 5.84. The summed E-state index contributed by atoms with van der Waals surface area (Å²) in [6, 6.07) is 3.77. The summed E-state index contributed by atoms with van der Waals surface area (Å²) < 4.78 is 11.3. The van der Waals surface area contributed by atoms with Gasteiger partial charge < -0.3 is 14.2 Å². The van der Waals surface area contributed by atoms with E-state index in [0.29, 0.717) is 43.8 Å². The summed E-state index contributed by atoms with van der Waals surface area (Å²) in [5.74, 6) is 1.78. The zero-order chi connectivity index (χ0) is 18.9. The summed E-state index contributed by atoms with van der Waals surface area (Å²) >= 11 is 0. The van der Waals surface area contributed by atoms with Crippen molar-refractivity contribution in [1.29, 1.82) is 0 Å². The number of ether oxygens (including phenoxy) is 1. The zero-order valence-corrected chi connectivity index (χ0v) is 15.9. The second-order valence-electron chi connectivity index (χ2n) is 8.10. The van der Waals surface area contributed by atoms with Crippen molar-refractivity contribution >= 4 is 5.91 Å². The standard InChI is InChI=1S/C20H26N4O3/c1-14(2)10-17(25)24-12-16(20(13-24)5-8-26-9-6-20)19-22-18(23-27-19)15-4-3-7-21-11-15/h3-4,7,11,14,16H,5-6,8-10,12-13H2,1-2H3/t16-/m0/s1. The lowest BCUT2D eigenvalue weighted by Gasteiger charge is -2.36. The topological polar surface area (TPSA) is 81.4 Å². The van der Waals surface area contributed by atoms with Crippen LogP contribution in [0.3, 0.4) is 0 Å². The Balaban J connectivity index is 1.61. The van der Waals surface area contributed by atoms with E-state index in [-0.39, 0.29) is 17.2 Å². The largest absolute Gasteiger partial charge is 0.381 e. The number of nitrogens with zero attached hydrogens (tertiary/aromatic N) is 4. The van der Waals surface area contributed by atoms with Gasteiger partial charge in [0.25, 0.3) is 0 Å². The van der Waals surface area contributed by atoms with Crippen LogP contribution in [0.2, 0.25) is 0 Å². The maximum absolute atomic E-state index is 12.7. The molecule has 27 heavy (non-hydrogen) atoms. The molecular formula is C20H26N4O3. The highest BCUT2D eigenvalue weighted by Gasteiger charge is 2.51. The fourth-order valence-electron chi connectivity index (χ4n) is 4.25. The Kier molecular flexibility index (Phi) is 4.95. The monoisotopic (exact) mass is 370 g/mol. The molecule has 7 heteroatoms. The first-order valence-electron chi connectivity index (χ1n) is 9.67. The highest BCUT2D eigenvalue weighted by molar-refractivity contribution is 5.77. The van der Waals surface area contributed by atoms with Gasteiger partial charge in [0.1, 0.15) is 0 Å². The van der Waals surface area contributed by atoms with E-state index in [0.717, 1.165) is 24.9 Å². The smallest absolute Gasteiger partial charge is 0.232 e. The van der Waals surface area contributed by atoms with Gasteiger partial charge in [0.05, 0.1) is 5.92 Å². The lowest BCUT2D eigenvalue weighted by molar-refractivity contribution is -0.131. The van der Waals surface area contributed by atoms with E-state index in [4.69, 9.17) is 9.26 Å². The van der Waals surface area contributed by atoms with Crippen LogP contribution in [0.15, 0.2) is 29.0 Å². The Hall–Kier alpha value is -2.28. The first kappa shape index (κ1) is 18.1. The van der Waals surface area contributed by atoms with Crippen LogP contribution >= 0.6 is 0 Å². The maximum atomic E-state index is 12.7. The van der Waals surface area contributed by atoms with E-state index < -0.39 is 0 Å². The summed E-state index contributed by atoms with van der Waals surface area (Å²) in [7, 11) is 0. The molecule has 4 rings (SSSR count). The average Bonchev–Trinajstić information content (AvgIpc) is 3.28. The molecule has 1 amide bonds. The van der Waals surface area contributed by atoms with Crippen molar-refractivity contribution in [2.45, 2.75) is 39.0 Å². The molecule has 2 aromatic heterocycles. The molecule has 4 heterocycles. The van der Waals surface area contributed by atoms with Crippen molar-refractivity contribution in [3.63, 3.8) is 0 Å². The second-order valence-corrected chi connectivity index (χ2v) is 8.10. The highest BCUT2D eigenvalue weighted by Crippen LogP contribution is 2.49. The van der Waals surface area contributed by atoms with Gasteiger partial charge >= 0.3 is 0 Å². The zero-order valence-electron chi connectivity index (χ0n) is 15.9. The number of aromatic nitrogens is 3. The van der Waals surface area contributed by atoms with Crippen LogP contribution in [-0.2, 0) is 9.53 Å². The van der Waals surface area contributed by atoms with Crippen molar-refractivity contribution in [2.24, 2.45) is 11.3 Å². The Bertz CT molecular complexity index is 784. The number of carbonyl (C=O) groups excluding carboxylic acids is 1. The molecule has 1 atom stereocenters. The van der Waals surface area contributed by atoms with E-state index in [1.165, 1.54) is 0 Å². The third-order valence-corrected chi connectivity index (χ3v) is 5.73. The summed E-state index contributed by atoms with van der Waals surface area (Å²) in [4.78, 5) is 23.5. The van der Waals surface area contributed by atoms with Gasteiger partial charge in [-0.1, -0.05) is 19.0 Å². The van der Waals surface area contributed by atoms with Gasteiger partial charge in [-0.05, 0) is 30.9 Å². The van der Waals surface area contributed by atoms with E-state index >= 15 is 0 Å². The number of hydrogen-bond acceptors (Lipinski definition) is 6. The van der Waals surface area contributed by atoms with Crippen LogP contribution in [0.25, 0.3) is 11.4 Å². The minimum absolute atomic E-state index is 0.0381. The minimum Gasteiger partial charge on any atom is -0.381 e. The molecule has 7 nitrogen and oxygen atoms in total. The molecule has 0 N–H and O–H groups in total. The van der Waals surface area contributed by atoms with Crippen LogP contribution in [0.1, 0.15) is 44.9 Å². The third-order valence-electron chi connectivity index (χ3n) is 5.73. The number of hydrogen-bond donors (Lipinski definition) is 0. The van der Waals surface area contributed by atoms with Crippen molar-refractivity contribution in [3.05, 3.63) is 30.4 Å². The van der Waals surface area contributed by atoms with Gasteiger partial charge in [0.15, 0.2) is 0 Å². The van der Waals surface area contributed by atoms with Crippen LogP contribution in [0.4, 0.5) is 0 Å². The van der Waals surface area contributed by atoms with Crippen LogP contribution in [0, 0.1) is 11.3 Å². The molecule has 1 spiro atoms. The first-order valence-corrected chi connectivity index (χ1v) is 9.67. The predicted octanol–water partition coefficient (Wildman–Crippen LogP) is 2.90. The fourth-order valence-corrected chi connectivity index (χ4v) is 4.25. The van der Waals surface area contributed by atoms with Crippen LogP contribution in [0.5, 0.6) is 0 Å². The molecule has 0 saturated carbocycles. The average molecular weight is 370 g/mol. The summed E-state index contributed by atoms with van der Waals surface area (Å²) in [6.45, 7) is 6.97. The Labute approximate surface area is 159 Å². The van der Waals surface area contributed by atoms with Gasteiger partial charge in [-0.25, -0.2) is 0 Å². The van der Waals surface area contributed by atoms with Crippen molar-refractivity contribution in [1.82, 2.24) is 20.0 Å². The van der Waals surface area contributed by atoms with E-state index in [2.05, 4.69) is 29.0 Å². The second kappa shape index (κ2) is 7.38. The number of pyridine rings is 1. The molecule has 0 bridgehead atoms. The predicted molar refractivity (Wildman–Crippen MR) is 98.8 cm³/mol. The maximum Gasteiger partial charge on any atom is 0.232 e. The Morgan fingerprint density at radius 1 is 1.37 bits per heavy atom. The van der Waals surface area contributed by atoms with E-state index in [1.54, 1.807) is 12.4 Å². The molecule has 2 aliphatic rings. The van der Waals surface area contributed by atoms with Gasteiger partial charge in [0, 0.05) is 56.1 Å². The van der Waals surface area contributed by atoms with E-state index in [9.17, 15) is 4.79 Å².